The number of anilines is 1. The molecule has 4 nitrogen and oxygen atoms in total. The van der Waals surface area contributed by atoms with E-state index in [4.69, 9.17) is 0 Å². The van der Waals surface area contributed by atoms with Gasteiger partial charge < -0.3 is 15.1 Å². The highest BCUT2D eigenvalue weighted by Crippen LogP contribution is 2.30. The third-order valence-corrected chi connectivity index (χ3v) is 3.63. The Bertz CT molecular complexity index is 456. The summed E-state index contributed by atoms with van der Waals surface area (Å²) in [4.78, 5) is 13.4. The van der Waals surface area contributed by atoms with E-state index in [1.807, 2.05) is 13.0 Å². The van der Waals surface area contributed by atoms with E-state index in [1.165, 1.54) is 6.92 Å². The summed E-state index contributed by atoms with van der Waals surface area (Å²) in [6, 6.07) is 5.13. The smallest absolute Gasteiger partial charge is 0.163 e. The Hall–Kier alpha value is -1.55. The second-order valence-electron chi connectivity index (χ2n) is 4.99. The van der Waals surface area contributed by atoms with Crippen LogP contribution < -0.4 is 4.90 Å². The number of hydrogen-bond acceptors (Lipinski definition) is 4. The van der Waals surface area contributed by atoms with Crippen LogP contribution in [0, 0.1) is 5.92 Å². The van der Waals surface area contributed by atoms with Gasteiger partial charge in [0.05, 0.1) is 11.7 Å². The Labute approximate surface area is 107 Å². The van der Waals surface area contributed by atoms with Crippen LogP contribution in [0.2, 0.25) is 0 Å². The lowest BCUT2D eigenvalue weighted by atomic mass is 10.0. The van der Waals surface area contributed by atoms with E-state index >= 15 is 0 Å². The Morgan fingerprint density at radius 2 is 2.22 bits per heavy atom. The summed E-state index contributed by atoms with van der Waals surface area (Å²) < 4.78 is 0. The lowest BCUT2D eigenvalue weighted by Gasteiger charge is -2.20. The average Bonchev–Trinajstić information content (AvgIpc) is 2.77. The third kappa shape index (κ3) is 2.48. The normalized spacial score (nSPS) is 21.1. The van der Waals surface area contributed by atoms with E-state index in [1.54, 1.807) is 12.1 Å². The number of rotatable bonds is 3. The highest BCUT2D eigenvalue weighted by molar-refractivity contribution is 5.97. The first-order chi connectivity index (χ1) is 8.49. The summed E-state index contributed by atoms with van der Waals surface area (Å²) in [6.45, 7) is 4.91. The highest BCUT2D eigenvalue weighted by Gasteiger charge is 2.26. The van der Waals surface area contributed by atoms with Crippen LogP contribution in [-0.4, -0.2) is 35.2 Å². The topological polar surface area (TPSA) is 60.8 Å². The summed E-state index contributed by atoms with van der Waals surface area (Å²) in [5.74, 6) is 0.169. The number of aliphatic hydroxyl groups excluding tert-OH is 1. The summed E-state index contributed by atoms with van der Waals surface area (Å²) >= 11 is 0. The molecule has 0 aliphatic carbocycles. The van der Waals surface area contributed by atoms with Crippen LogP contribution in [0.25, 0.3) is 0 Å². The molecule has 2 N–H and O–H groups in total. The van der Waals surface area contributed by atoms with E-state index < -0.39 is 0 Å². The Morgan fingerprint density at radius 1 is 1.50 bits per heavy atom. The second kappa shape index (κ2) is 4.98. The van der Waals surface area contributed by atoms with Crippen molar-refractivity contribution in [3.05, 3.63) is 23.8 Å². The van der Waals surface area contributed by atoms with Crippen LogP contribution >= 0.6 is 0 Å². The van der Waals surface area contributed by atoms with E-state index in [9.17, 15) is 15.0 Å². The number of carbonyl (C=O) groups excluding carboxylic acids is 1. The summed E-state index contributed by atoms with van der Waals surface area (Å²) in [6.07, 6.45) is 0.646. The van der Waals surface area contributed by atoms with Gasteiger partial charge in [0, 0.05) is 30.8 Å². The van der Waals surface area contributed by atoms with Crippen molar-refractivity contribution < 1.29 is 15.0 Å². The SMILES string of the molecule is CC(=O)c1ccc(N2CCC(C(C)O)C2)cc1O. The van der Waals surface area contributed by atoms with Crippen LogP contribution in [0.5, 0.6) is 5.75 Å². The molecule has 18 heavy (non-hydrogen) atoms. The number of phenols is 1. The van der Waals surface area contributed by atoms with Gasteiger partial charge >= 0.3 is 0 Å². The van der Waals surface area contributed by atoms with Gasteiger partial charge in [0.15, 0.2) is 5.78 Å². The lowest BCUT2D eigenvalue weighted by Crippen LogP contribution is -2.23. The van der Waals surface area contributed by atoms with Gasteiger partial charge in [0.25, 0.3) is 0 Å². The molecule has 1 aromatic carbocycles. The van der Waals surface area contributed by atoms with Gasteiger partial charge in [-0.2, -0.15) is 0 Å². The molecule has 0 bridgehead atoms. The minimum absolute atomic E-state index is 0.0282. The first kappa shape index (κ1) is 12.9. The molecule has 1 heterocycles. The number of phenolic OH excluding ortho intramolecular Hbond substituents is 1. The molecule has 1 aliphatic rings. The molecular weight excluding hydrogens is 230 g/mol. The maximum absolute atomic E-state index is 11.2. The van der Waals surface area contributed by atoms with Gasteiger partial charge in [-0.1, -0.05) is 0 Å². The second-order valence-corrected chi connectivity index (χ2v) is 4.99. The number of carbonyl (C=O) groups is 1. The molecule has 0 radical (unpaired) electrons. The fourth-order valence-electron chi connectivity index (χ4n) is 2.43. The van der Waals surface area contributed by atoms with E-state index in [-0.39, 0.29) is 23.6 Å². The molecule has 2 atom stereocenters. The molecule has 0 amide bonds. The molecule has 0 saturated carbocycles. The first-order valence-electron chi connectivity index (χ1n) is 6.26. The zero-order valence-electron chi connectivity index (χ0n) is 10.8. The monoisotopic (exact) mass is 249 g/mol. The van der Waals surface area contributed by atoms with Gasteiger partial charge in [-0.3, -0.25) is 4.79 Å². The minimum Gasteiger partial charge on any atom is -0.507 e. The highest BCUT2D eigenvalue weighted by atomic mass is 16.3. The molecule has 2 rings (SSSR count). The molecular formula is C14H19NO3. The predicted molar refractivity (Wildman–Crippen MR) is 70.1 cm³/mol. The molecule has 0 aromatic heterocycles. The number of aliphatic hydroxyl groups is 1. The average molecular weight is 249 g/mol. The van der Waals surface area contributed by atoms with Crippen molar-refractivity contribution in [2.75, 3.05) is 18.0 Å². The van der Waals surface area contributed by atoms with Gasteiger partial charge in [-0.25, -0.2) is 0 Å². The quantitative estimate of drug-likeness (QED) is 0.802. The number of benzene rings is 1. The Balaban J connectivity index is 2.16. The maximum atomic E-state index is 11.2. The van der Waals surface area contributed by atoms with Crippen LogP contribution in [-0.2, 0) is 0 Å². The van der Waals surface area contributed by atoms with Crippen LogP contribution in [0.1, 0.15) is 30.6 Å². The van der Waals surface area contributed by atoms with Crippen molar-refractivity contribution >= 4 is 11.5 Å². The van der Waals surface area contributed by atoms with Crippen molar-refractivity contribution in [3.63, 3.8) is 0 Å². The zero-order chi connectivity index (χ0) is 13.3. The number of Topliss-reactive ketones (excluding diaryl/α,β-unsaturated/α-hetero) is 1. The fourth-order valence-corrected chi connectivity index (χ4v) is 2.43. The van der Waals surface area contributed by atoms with E-state index in [0.29, 0.717) is 5.56 Å². The number of aromatic hydroxyl groups is 1. The molecule has 2 unspecified atom stereocenters. The van der Waals surface area contributed by atoms with E-state index in [2.05, 4.69) is 4.90 Å². The Kier molecular flexibility index (Phi) is 3.57. The molecule has 1 saturated heterocycles. The summed E-state index contributed by atoms with van der Waals surface area (Å²) in [5.41, 5.74) is 1.26. The van der Waals surface area contributed by atoms with Gasteiger partial charge in [0.1, 0.15) is 5.75 Å². The van der Waals surface area contributed by atoms with Crippen molar-refractivity contribution in [1.29, 1.82) is 0 Å². The molecule has 0 spiro atoms. The Morgan fingerprint density at radius 3 is 2.72 bits per heavy atom. The molecule has 98 valence electrons. The maximum Gasteiger partial charge on any atom is 0.163 e. The summed E-state index contributed by atoms with van der Waals surface area (Å²) in [5, 5.41) is 19.4. The number of nitrogens with zero attached hydrogens (tertiary/aromatic N) is 1. The van der Waals surface area contributed by atoms with Gasteiger partial charge in [0.2, 0.25) is 0 Å². The largest absolute Gasteiger partial charge is 0.507 e. The lowest BCUT2D eigenvalue weighted by molar-refractivity contribution is 0.101. The van der Waals surface area contributed by atoms with Crippen molar-refractivity contribution in [3.8, 4) is 5.75 Å². The van der Waals surface area contributed by atoms with Crippen LogP contribution in [0.15, 0.2) is 18.2 Å². The van der Waals surface area contributed by atoms with Gasteiger partial charge in [-0.15, -0.1) is 0 Å². The number of ketones is 1. The third-order valence-electron chi connectivity index (χ3n) is 3.63. The number of hydrogen-bond donors (Lipinski definition) is 2. The minimum atomic E-state index is -0.305. The van der Waals surface area contributed by atoms with Crippen LogP contribution in [0.3, 0.4) is 0 Å². The van der Waals surface area contributed by atoms with Crippen LogP contribution in [0.4, 0.5) is 5.69 Å². The summed E-state index contributed by atoms with van der Waals surface area (Å²) in [7, 11) is 0. The molecule has 4 heteroatoms. The molecule has 1 aromatic rings. The molecule has 1 fully saturated rings. The van der Waals surface area contributed by atoms with Crippen molar-refractivity contribution in [2.24, 2.45) is 5.92 Å². The van der Waals surface area contributed by atoms with Crippen molar-refractivity contribution in [1.82, 2.24) is 0 Å². The standard InChI is InChI=1S/C14H19NO3/c1-9(16)11-5-6-15(8-11)12-3-4-13(10(2)17)14(18)7-12/h3-4,7,9,11,16,18H,5-6,8H2,1-2H3. The van der Waals surface area contributed by atoms with Crippen molar-refractivity contribution in [2.45, 2.75) is 26.4 Å². The van der Waals surface area contributed by atoms with Gasteiger partial charge in [-0.05, 0) is 32.4 Å². The zero-order valence-corrected chi connectivity index (χ0v) is 10.8. The first-order valence-corrected chi connectivity index (χ1v) is 6.26. The predicted octanol–water partition coefficient (Wildman–Crippen LogP) is 1.80. The fraction of sp³-hybridized carbons (Fsp3) is 0.500. The van der Waals surface area contributed by atoms with E-state index in [0.717, 1.165) is 25.2 Å². The molecule has 1 aliphatic heterocycles.